The third-order valence-corrected chi connectivity index (χ3v) is 2.44. The minimum Gasteiger partial charge on any atom is -0.493 e. The minimum atomic E-state index is -0.783. The second-order valence-electron chi connectivity index (χ2n) is 3.91. The first-order valence-corrected chi connectivity index (χ1v) is 5.75. The largest absolute Gasteiger partial charge is 0.493 e. The summed E-state index contributed by atoms with van der Waals surface area (Å²) in [5.74, 6) is 0.112. The number of ether oxygens (including phenoxy) is 1. The molecular weight excluding hydrogens is 207 g/mol. The van der Waals surface area contributed by atoms with E-state index in [1.165, 1.54) is 6.07 Å². The zero-order chi connectivity index (χ0) is 12.0. The summed E-state index contributed by atoms with van der Waals surface area (Å²) >= 11 is 0. The van der Waals surface area contributed by atoms with Gasteiger partial charge >= 0.3 is 0 Å². The lowest BCUT2D eigenvalue weighted by Crippen LogP contribution is -2.00. The smallest absolute Gasteiger partial charge is 0.132 e. The first-order chi connectivity index (χ1) is 7.65. The number of hydrogen-bond acceptors (Lipinski definition) is 2. The number of hydrogen-bond donors (Lipinski definition) is 1. The van der Waals surface area contributed by atoms with Crippen molar-refractivity contribution >= 4 is 0 Å². The molecule has 90 valence electrons. The van der Waals surface area contributed by atoms with Crippen LogP contribution in [0.1, 0.15) is 44.8 Å². The number of benzene rings is 1. The lowest BCUT2D eigenvalue weighted by Gasteiger charge is -2.09. The Bertz CT molecular complexity index is 324. The van der Waals surface area contributed by atoms with Crippen LogP contribution in [0.5, 0.6) is 5.75 Å². The van der Waals surface area contributed by atoms with Gasteiger partial charge in [-0.25, -0.2) is 4.39 Å². The molecule has 0 saturated heterocycles. The quantitative estimate of drug-likeness (QED) is 0.753. The third kappa shape index (κ3) is 3.81. The predicted octanol–water partition coefficient (Wildman–Crippen LogP) is 3.45. The first kappa shape index (κ1) is 13.0. The van der Waals surface area contributed by atoms with E-state index in [4.69, 9.17) is 4.74 Å². The molecule has 0 amide bonds. The molecule has 0 aliphatic rings. The summed E-state index contributed by atoms with van der Waals surface area (Å²) in [6.07, 6.45) is 2.46. The lowest BCUT2D eigenvalue weighted by molar-refractivity contribution is 0.194. The zero-order valence-corrected chi connectivity index (χ0v) is 9.87. The summed E-state index contributed by atoms with van der Waals surface area (Å²) < 4.78 is 18.8. The van der Waals surface area contributed by atoms with E-state index in [2.05, 4.69) is 6.92 Å². The molecule has 0 heterocycles. The van der Waals surface area contributed by atoms with Crippen molar-refractivity contribution in [2.75, 3.05) is 6.61 Å². The Balaban J connectivity index is 2.53. The number of rotatable bonds is 6. The van der Waals surface area contributed by atoms with Gasteiger partial charge < -0.3 is 9.84 Å². The van der Waals surface area contributed by atoms with Gasteiger partial charge in [-0.2, -0.15) is 0 Å². The van der Waals surface area contributed by atoms with Crippen LogP contribution in [-0.2, 0) is 0 Å². The van der Waals surface area contributed by atoms with E-state index in [1.807, 2.05) is 0 Å². The molecule has 1 rings (SSSR count). The van der Waals surface area contributed by atoms with Crippen LogP contribution in [0.2, 0.25) is 0 Å². The van der Waals surface area contributed by atoms with Crippen molar-refractivity contribution < 1.29 is 14.2 Å². The Morgan fingerprint density at radius 2 is 2.12 bits per heavy atom. The van der Waals surface area contributed by atoms with Crippen molar-refractivity contribution in [3.05, 3.63) is 29.6 Å². The fraction of sp³-hybridized carbons (Fsp3) is 0.538. The van der Waals surface area contributed by atoms with E-state index in [0.717, 1.165) is 19.3 Å². The van der Waals surface area contributed by atoms with Crippen molar-refractivity contribution in [1.29, 1.82) is 0 Å². The van der Waals surface area contributed by atoms with Gasteiger partial charge in [-0.05, 0) is 25.5 Å². The normalized spacial score (nSPS) is 12.5. The topological polar surface area (TPSA) is 29.5 Å². The van der Waals surface area contributed by atoms with Crippen LogP contribution in [0.3, 0.4) is 0 Å². The van der Waals surface area contributed by atoms with Crippen LogP contribution in [0.4, 0.5) is 4.39 Å². The maximum Gasteiger partial charge on any atom is 0.132 e. The Morgan fingerprint density at radius 3 is 2.69 bits per heavy atom. The molecule has 1 aromatic carbocycles. The number of unbranched alkanes of at least 4 members (excludes halogenated alkanes) is 2. The van der Waals surface area contributed by atoms with Crippen molar-refractivity contribution in [3.63, 3.8) is 0 Å². The fourth-order valence-electron chi connectivity index (χ4n) is 1.48. The van der Waals surface area contributed by atoms with Gasteiger partial charge in [-0.3, -0.25) is 0 Å². The first-order valence-electron chi connectivity index (χ1n) is 5.75. The monoisotopic (exact) mass is 226 g/mol. The van der Waals surface area contributed by atoms with Crippen LogP contribution in [0.25, 0.3) is 0 Å². The molecule has 2 nitrogen and oxygen atoms in total. The van der Waals surface area contributed by atoms with Gasteiger partial charge in [-0.15, -0.1) is 0 Å². The minimum absolute atomic E-state index is 0.306. The second-order valence-corrected chi connectivity index (χ2v) is 3.91. The van der Waals surface area contributed by atoms with Crippen molar-refractivity contribution in [2.45, 2.75) is 39.2 Å². The molecular formula is C13H19FO2. The maximum absolute atomic E-state index is 13.4. The average Bonchev–Trinajstić information content (AvgIpc) is 2.24. The van der Waals surface area contributed by atoms with Gasteiger partial charge in [0, 0.05) is 11.6 Å². The third-order valence-electron chi connectivity index (χ3n) is 2.44. The van der Waals surface area contributed by atoms with E-state index >= 15 is 0 Å². The van der Waals surface area contributed by atoms with E-state index in [1.54, 1.807) is 19.1 Å². The SMILES string of the molecule is CCCCCOc1ccc([C@@H](C)O)c(F)c1. The van der Waals surface area contributed by atoms with Crippen LogP contribution < -0.4 is 4.74 Å². The molecule has 0 radical (unpaired) electrons. The number of aliphatic hydroxyl groups is 1. The Labute approximate surface area is 96.1 Å². The van der Waals surface area contributed by atoms with Gasteiger partial charge in [0.15, 0.2) is 0 Å². The molecule has 1 atom stereocenters. The van der Waals surface area contributed by atoms with Crippen molar-refractivity contribution in [1.82, 2.24) is 0 Å². The molecule has 0 spiro atoms. The Morgan fingerprint density at radius 1 is 1.38 bits per heavy atom. The standard InChI is InChI=1S/C13H19FO2/c1-3-4-5-8-16-11-6-7-12(10(2)15)13(14)9-11/h6-7,9-10,15H,3-5,8H2,1-2H3/t10-/m1/s1. The summed E-state index contributed by atoms with van der Waals surface area (Å²) in [6.45, 7) is 4.28. The van der Waals surface area contributed by atoms with Crippen molar-refractivity contribution in [3.8, 4) is 5.75 Å². The molecule has 1 N–H and O–H groups in total. The van der Waals surface area contributed by atoms with Gasteiger partial charge in [0.25, 0.3) is 0 Å². The molecule has 0 saturated carbocycles. The average molecular weight is 226 g/mol. The fourth-order valence-corrected chi connectivity index (χ4v) is 1.48. The van der Waals surface area contributed by atoms with Crippen LogP contribution in [0, 0.1) is 5.82 Å². The second kappa shape index (κ2) is 6.48. The highest BCUT2D eigenvalue weighted by Crippen LogP contribution is 2.21. The molecule has 0 aliphatic heterocycles. The molecule has 0 unspecified atom stereocenters. The molecule has 0 aliphatic carbocycles. The summed E-state index contributed by atoms with van der Waals surface area (Å²) in [6, 6.07) is 4.58. The van der Waals surface area contributed by atoms with E-state index in [-0.39, 0.29) is 0 Å². The molecule has 0 fully saturated rings. The van der Waals surface area contributed by atoms with E-state index in [0.29, 0.717) is 17.9 Å². The highest BCUT2D eigenvalue weighted by Gasteiger charge is 2.08. The van der Waals surface area contributed by atoms with Crippen molar-refractivity contribution in [2.24, 2.45) is 0 Å². The molecule has 0 aromatic heterocycles. The van der Waals surface area contributed by atoms with Gasteiger partial charge in [0.2, 0.25) is 0 Å². The van der Waals surface area contributed by atoms with Crippen LogP contribution >= 0.6 is 0 Å². The summed E-state index contributed by atoms with van der Waals surface area (Å²) in [5.41, 5.74) is 0.306. The molecule has 1 aromatic rings. The Hall–Kier alpha value is -1.09. The van der Waals surface area contributed by atoms with Gasteiger partial charge in [0.05, 0.1) is 12.7 Å². The number of halogens is 1. The zero-order valence-electron chi connectivity index (χ0n) is 9.87. The highest BCUT2D eigenvalue weighted by molar-refractivity contribution is 5.29. The number of aliphatic hydroxyl groups excluding tert-OH is 1. The summed E-state index contributed by atoms with van der Waals surface area (Å²) in [5, 5.41) is 9.26. The van der Waals surface area contributed by atoms with Crippen LogP contribution in [0.15, 0.2) is 18.2 Å². The Kier molecular flexibility index (Phi) is 5.26. The van der Waals surface area contributed by atoms with Gasteiger partial charge in [-0.1, -0.05) is 19.8 Å². The molecule has 3 heteroatoms. The molecule has 0 bridgehead atoms. The molecule has 16 heavy (non-hydrogen) atoms. The maximum atomic E-state index is 13.4. The lowest BCUT2D eigenvalue weighted by atomic mass is 10.1. The van der Waals surface area contributed by atoms with Gasteiger partial charge in [0.1, 0.15) is 11.6 Å². The van der Waals surface area contributed by atoms with Crippen LogP contribution in [-0.4, -0.2) is 11.7 Å². The predicted molar refractivity (Wildman–Crippen MR) is 62.1 cm³/mol. The van der Waals surface area contributed by atoms with E-state index in [9.17, 15) is 9.50 Å². The summed E-state index contributed by atoms with van der Waals surface area (Å²) in [7, 11) is 0. The highest BCUT2D eigenvalue weighted by atomic mass is 19.1. The summed E-state index contributed by atoms with van der Waals surface area (Å²) in [4.78, 5) is 0. The van der Waals surface area contributed by atoms with E-state index < -0.39 is 11.9 Å².